The van der Waals surface area contributed by atoms with E-state index in [9.17, 15) is 4.79 Å². The highest BCUT2D eigenvalue weighted by atomic mass is 16.5. The van der Waals surface area contributed by atoms with Crippen LogP contribution in [0, 0.1) is 5.92 Å². The van der Waals surface area contributed by atoms with Crippen LogP contribution in [0.3, 0.4) is 0 Å². The highest BCUT2D eigenvalue weighted by Crippen LogP contribution is 2.27. The number of ether oxygens (including phenoxy) is 1. The minimum Gasteiger partial charge on any atom is -0.379 e. The normalized spacial score (nSPS) is 36.6. The largest absolute Gasteiger partial charge is 0.379 e. The van der Waals surface area contributed by atoms with E-state index in [0.29, 0.717) is 12.3 Å². The first-order chi connectivity index (χ1) is 8.70. The van der Waals surface area contributed by atoms with Crippen molar-refractivity contribution in [3.63, 3.8) is 0 Å². The summed E-state index contributed by atoms with van der Waals surface area (Å²) >= 11 is 0. The highest BCUT2D eigenvalue weighted by Gasteiger charge is 2.29. The maximum absolute atomic E-state index is 12.1. The Morgan fingerprint density at radius 1 is 1.22 bits per heavy atom. The van der Waals surface area contributed by atoms with Crippen LogP contribution in [0.5, 0.6) is 0 Å². The van der Waals surface area contributed by atoms with Gasteiger partial charge in [0.1, 0.15) is 0 Å². The maximum atomic E-state index is 12.1. The molecule has 0 bridgehead atoms. The number of rotatable bonds is 4. The van der Waals surface area contributed by atoms with Crippen molar-refractivity contribution in [3.8, 4) is 0 Å². The topological polar surface area (TPSA) is 64.3 Å². The van der Waals surface area contributed by atoms with Gasteiger partial charge in [-0.1, -0.05) is 19.3 Å². The lowest BCUT2D eigenvalue weighted by Gasteiger charge is -2.31. The molecule has 2 rings (SSSR count). The first-order valence-electron chi connectivity index (χ1n) is 7.28. The molecular formula is C14H26N2O2. The van der Waals surface area contributed by atoms with E-state index in [1.165, 1.54) is 19.3 Å². The molecule has 3 N–H and O–H groups in total. The van der Waals surface area contributed by atoms with Gasteiger partial charge in [0.25, 0.3) is 0 Å². The van der Waals surface area contributed by atoms with Crippen LogP contribution in [0.2, 0.25) is 0 Å². The molecule has 18 heavy (non-hydrogen) atoms. The van der Waals surface area contributed by atoms with Crippen molar-refractivity contribution in [3.05, 3.63) is 0 Å². The molecule has 2 saturated carbocycles. The lowest BCUT2D eigenvalue weighted by molar-refractivity contribution is -0.124. The van der Waals surface area contributed by atoms with E-state index in [0.717, 1.165) is 25.7 Å². The van der Waals surface area contributed by atoms with Gasteiger partial charge in [-0.2, -0.15) is 0 Å². The fourth-order valence-electron chi connectivity index (χ4n) is 3.37. The summed E-state index contributed by atoms with van der Waals surface area (Å²) in [6.07, 6.45) is 8.63. The zero-order valence-corrected chi connectivity index (χ0v) is 11.4. The average molecular weight is 254 g/mol. The van der Waals surface area contributed by atoms with Gasteiger partial charge < -0.3 is 15.8 Å². The average Bonchev–Trinajstić information content (AvgIpc) is 2.75. The first kappa shape index (κ1) is 13.8. The third-order valence-corrected chi connectivity index (χ3v) is 4.52. The Labute approximate surface area is 110 Å². The van der Waals surface area contributed by atoms with E-state index in [1.807, 2.05) is 0 Å². The molecule has 4 nitrogen and oxygen atoms in total. The summed E-state index contributed by atoms with van der Waals surface area (Å²) < 4.78 is 5.46. The van der Waals surface area contributed by atoms with Gasteiger partial charge in [0, 0.05) is 19.6 Å². The van der Waals surface area contributed by atoms with E-state index in [1.54, 1.807) is 7.11 Å². The zero-order valence-electron chi connectivity index (χ0n) is 11.4. The molecule has 0 saturated heterocycles. The van der Waals surface area contributed by atoms with E-state index < -0.39 is 0 Å². The second kappa shape index (κ2) is 6.53. The predicted octanol–water partition coefficient (Wildman–Crippen LogP) is 1.58. The summed E-state index contributed by atoms with van der Waals surface area (Å²) in [6.45, 7) is 0. The Balaban J connectivity index is 1.78. The molecule has 0 aromatic carbocycles. The van der Waals surface area contributed by atoms with E-state index >= 15 is 0 Å². The van der Waals surface area contributed by atoms with Crippen molar-refractivity contribution in [2.24, 2.45) is 11.7 Å². The molecule has 4 atom stereocenters. The van der Waals surface area contributed by atoms with Crippen LogP contribution < -0.4 is 11.1 Å². The van der Waals surface area contributed by atoms with Crippen LogP contribution in [0.1, 0.15) is 51.4 Å². The number of carbonyl (C=O) groups is 1. The number of nitrogens with two attached hydrogens (primary N) is 1. The van der Waals surface area contributed by atoms with Crippen molar-refractivity contribution in [1.29, 1.82) is 0 Å². The standard InChI is InChI=1S/C14H26N2O2/c1-18-13-8-3-2-7-12(13)16-14(17)9-10-5-4-6-11(10)15/h10-13H,2-9,15H2,1H3,(H,16,17)/t10-,11+,12?,13?/m0/s1. The lowest BCUT2D eigenvalue weighted by Crippen LogP contribution is -2.46. The second-order valence-corrected chi connectivity index (χ2v) is 5.79. The van der Waals surface area contributed by atoms with Gasteiger partial charge in [0.05, 0.1) is 12.1 Å². The molecule has 4 heteroatoms. The molecular weight excluding hydrogens is 228 g/mol. The molecule has 0 heterocycles. The molecule has 104 valence electrons. The van der Waals surface area contributed by atoms with Crippen molar-refractivity contribution in [1.82, 2.24) is 5.32 Å². The summed E-state index contributed by atoms with van der Waals surface area (Å²) in [5.74, 6) is 0.542. The van der Waals surface area contributed by atoms with Crippen molar-refractivity contribution >= 4 is 5.91 Å². The van der Waals surface area contributed by atoms with Crippen LogP contribution in [-0.4, -0.2) is 31.2 Å². The van der Waals surface area contributed by atoms with Gasteiger partial charge in [0.15, 0.2) is 0 Å². The minimum absolute atomic E-state index is 0.159. The Hall–Kier alpha value is -0.610. The van der Waals surface area contributed by atoms with Crippen molar-refractivity contribution in [2.75, 3.05) is 7.11 Å². The van der Waals surface area contributed by atoms with Gasteiger partial charge in [0.2, 0.25) is 5.91 Å². The SMILES string of the molecule is COC1CCCCC1NC(=O)C[C@@H]1CCC[C@H]1N. The molecule has 2 aliphatic rings. The molecule has 0 aliphatic heterocycles. The fourth-order valence-corrected chi connectivity index (χ4v) is 3.37. The highest BCUT2D eigenvalue weighted by molar-refractivity contribution is 5.76. The van der Waals surface area contributed by atoms with Gasteiger partial charge in [-0.05, 0) is 31.6 Å². The molecule has 0 radical (unpaired) electrons. The Morgan fingerprint density at radius 2 is 2.00 bits per heavy atom. The van der Waals surface area contributed by atoms with Gasteiger partial charge in [-0.15, -0.1) is 0 Å². The number of hydrogen-bond acceptors (Lipinski definition) is 3. The lowest BCUT2D eigenvalue weighted by atomic mass is 9.91. The monoisotopic (exact) mass is 254 g/mol. The zero-order chi connectivity index (χ0) is 13.0. The Bertz CT molecular complexity index is 283. The number of methoxy groups -OCH3 is 1. The summed E-state index contributed by atoms with van der Waals surface area (Å²) in [4.78, 5) is 12.1. The van der Waals surface area contributed by atoms with Gasteiger partial charge in [-0.25, -0.2) is 0 Å². The third-order valence-electron chi connectivity index (χ3n) is 4.52. The molecule has 0 spiro atoms. The summed E-state index contributed by atoms with van der Waals surface area (Å²) in [7, 11) is 1.74. The van der Waals surface area contributed by atoms with Crippen LogP contribution in [-0.2, 0) is 9.53 Å². The third kappa shape index (κ3) is 3.45. The molecule has 2 fully saturated rings. The Morgan fingerprint density at radius 3 is 2.67 bits per heavy atom. The molecule has 0 aromatic rings. The van der Waals surface area contributed by atoms with Crippen LogP contribution in [0.4, 0.5) is 0 Å². The number of carbonyl (C=O) groups excluding carboxylic acids is 1. The van der Waals surface area contributed by atoms with Gasteiger partial charge in [-0.3, -0.25) is 4.79 Å². The van der Waals surface area contributed by atoms with Gasteiger partial charge >= 0.3 is 0 Å². The van der Waals surface area contributed by atoms with Crippen LogP contribution in [0.15, 0.2) is 0 Å². The number of hydrogen-bond donors (Lipinski definition) is 2. The molecule has 2 aliphatic carbocycles. The molecule has 1 amide bonds. The van der Waals surface area contributed by atoms with Crippen molar-refractivity contribution in [2.45, 2.75) is 69.6 Å². The smallest absolute Gasteiger partial charge is 0.220 e. The minimum atomic E-state index is 0.159. The second-order valence-electron chi connectivity index (χ2n) is 5.79. The van der Waals surface area contributed by atoms with E-state index in [4.69, 9.17) is 10.5 Å². The summed E-state index contributed by atoms with van der Waals surface area (Å²) in [5.41, 5.74) is 6.01. The first-order valence-corrected chi connectivity index (χ1v) is 7.28. The predicted molar refractivity (Wildman–Crippen MR) is 71.1 cm³/mol. The molecule has 2 unspecified atom stereocenters. The number of nitrogens with one attached hydrogen (secondary N) is 1. The molecule has 0 aromatic heterocycles. The summed E-state index contributed by atoms with van der Waals surface area (Å²) in [6, 6.07) is 0.425. The maximum Gasteiger partial charge on any atom is 0.220 e. The summed E-state index contributed by atoms with van der Waals surface area (Å²) in [5, 5.41) is 3.15. The van der Waals surface area contributed by atoms with E-state index in [2.05, 4.69) is 5.32 Å². The Kier molecular flexibility index (Phi) is 5.01. The van der Waals surface area contributed by atoms with E-state index in [-0.39, 0.29) is 24.1 Å². The quantitative estimate of drug-likeness (QED) is 0.800. The van der Waals surface area contributed by atoms with Crippen LogP contribution >= 0.6 is 0 Å². The van der Waals surface area contributed by atoms with Crippen LogP contribution in [0.25, 0.3) is 0 Å². The fraction of sp³-hybridized carbons (Fsp3) is 0.929. The van der Waals surface area contributed by atoms with Crippen molar-refractivity contribution < 1.29 is 9.53 Å². The number of amides is 1.